The SMILES string of the molecule is Cc1ccc(Nc2cc(C)nc(Nc3ccc(NC(=O)c4sc(C)nc4C)cc3)n2)cc1. The van der Waals surface area contributed by atoms with E-state index in [4.69, 9.17) is 0 Å². The van der Waals surface area contributed by atoms with Gasteiger partial charge in [-0.15, -0.1) is 11.3 Å². The third-order valence-electron chi connectivity index (χ3n) is 4.69. The molecule has 2 heterocycles. The van der Waals surface area contributed by atoms with Crippen LogP contribution < -0.4 is 16.0 Å². The number of aryl methyl sites for hydroxylation is 4. The molecule has 3 N–H and O–H groups in total. The van der Waals surface area contributed by atoms with Crippen molar-refractivity contribution in [1.82, 2.24) is 15.0 Å². The maximum Gasteiger partial charge on any atom is 0.267 e. The van der Waals surface area contributed by atoms with Crippen LogP contribution in [0.15, 0.2) is 54.6 Å². The maximum atomic E-state index is 12.5. The van der Waals surface area contributed by atoms with Crippen LogP contribution in [-0.2, 0) is 0 Å². The highest BCUT2D eigenvalue weighted by atomic mass is 32.1. The largest absolute Gasteiger partial charge is 0.340 e. The smallest absolute Gasteiger partial charge is 0.267 e. The summed E-state index contributed by atoms with van der Waals surface area (Å²) in [6, 6.07) is 17.4. The molecule has 0 atom stereocenters. The first-order chi connectivity index (χ1) is 15.4. The van der Waals surface area contributed by atoms with Crippen LogP contribution in [-0.4, -0.2) is 20.9 Å². The van der Waals surface area contributed by atoms with Crippen molar-refractivity contribution in [3.63, 3.8) is 0 Å². The second-order valence-corrected chi connectivity index (χ2v) is 8.72. The Morgan fingerprint density at radius 1 is 0.781 bits per heavy atom. The van der Waals surface area contributed by atoms with E-state index in [9.17, 15) is 4.79 Å². The summed E-state index contributed by atoms with van der Waals surface area (Å²) in [4.78, 5) is 26.5. The van der Waals surface area contributed by atoms with Crippen molar-refractivity contribution in [2.75, 3.05) is 16.0 Å². The number of nitrogens with zero attached hydrogens (tertiary/aromatic N) is 3. The van der Waals surface area contributed by atoms with Gasteiger partial charge in [-0.3, -0.25) is 4.79 Å². The fourth-order valence-electron chi connectivity index (χ4n) is 3.17. The molecule has 0 saturated carbocycles. The van der Waals surface area contributed by atoms with Gasteiger partial charge in [-0.25, -0.2) is 9.97 Å². The molecule has 0 radical (unpaired) electrons. The van der Waals surface area contributed by atoms with Gasteiger partial charge in [-0.1, -0.05) is 17.7 Å². The first kappa shape index (κ1) is 21.5. The van der Waals surface area contributed by atoms with E-state index in [-0.39, 0.29) is 5.91 Å². The van der Waals surface area contributed by atoms with Gasteiger partial charge in [0.1, 0.15) is 10.7 Å². The van der Waals surface area contributed by atoms with Crippen LogP contribution in [0.4, 0.5) is 28.8 Å². The molecule has 0 spiro atoms. The van der Waals surface area contributed by atoms with Crippen LogP contribution in [0.2, 0.25) is 0 Å². The zero-order chi connectivity index (χ0) is 22.7. The molecule has 4 rings (SSSR count). The summed E-state index contributed by atoms with van der Waals surface area (Å²) in [5.41, 5.74) is 5.28. The standard InChI is InChI=1S/C24H24N6OS/c1-14-5-7-18(8-6-14)27-21-13-15(2)25-24(30-21)29-20-11-9-19(10-12-20)28-23(31)22-16(3)26-17(4)32-22/h5-13H,1-4H3,(H,28,31)(H2,25,27,29,30). The number of rotatable bonds is 6. The van der Waals surface area contributed by atoms with Crippen LogP contribution in [0.5, 0.6) is 0 Å². The number of hydrogen-bond acceptors (Lipinski definition) is 7. The van der Waals surface area contributed by atoms with Gasteiger partial charge in [0.2, 0.25) is 5.95 Å². The van der Waals surface area contributed by atoms with Crippen LogP contribution >= 0.6 is 11.3 Å². The lowest BCUT2D eigenvalue weighted by atomic mass is 10.2. The second kappa shape index (κ2) is 9.15. The number of amides is 1. The van der Waals surface area contributed by atoms with Crippen molar-refractivity contribution in [3.8, 4) is 0 Å². The summed E-state index contributed by atoms with van der Waals surface area (Å²) in [5.74, 6) is 1.05. The zero-order valence-electron chi connectivity index (χ0n) is 18.4. The Morgan fingerprint density at radius 2 is 1.41 bits per heavy atom. The Labute approximate surface area is 191 Å². The number of nitrogens with one attached hydrogen (secondary N) is 3. The molecular formula is C24H24N6OS. The van der Waals surface area contributed by atoms with Gasteiger partial charge in [0.25, 0.3) is 5.91 Å². The van der Waals surface area contributed by atoms with Gasteiger partial charge in [-0.05, 0) is 64.1 Å². The zero-order valence-corrected chi connectivity index (χ0v) is 19.2. The minimum atomic E-state index is -0.150. The summed E-state index contributed by atoms with van der Waals surface area (Å²) in [6.07, 6.45) is 0. The fraction of sp³-hybridized carbons (Fsp3) is 0.167. The van der Waals surface area contributed by atoms with Gasteiger partial charge in [0.15, 0.2) is 0 Å². The number of anilines is 5. The molecule has 0 fully saturated rings. The van der Waals surface area contributed by atoms with Crippen LogP contribution in [0, 0.1) is 27.7 Å². The van der Waals surface area contributed by atoms with E-state index in [1.165, 1.54) is 16.9 Å². The lowest BCUT2D eigenvalue weighted by molar-refractivity contribution is 0.103. The number of carbonyl (C=O) groups is 1. The number of benzene rings is 2. The van der Waals surface area contributed by atoms with E-state index in [1.54, 1.807) is 0 Å². The first-order valence-electron chi connectivity index (χ1n) is 10.2. The average Bonchev–Trinajstić information content (AvgIpc) is 3.09. The van der Waals surface area contributed by atoms with Crippen LogP contribution in [0.3, 0.4) is 0 Å². The van der Waals surface area contributed by atoms with Gasteiger partial charge < -0.3 is 16.0 Å². The van der Waals surface area contributed by atoms with E-state index in [0.717, 1.165) is 27.8 Å². The number of thiazole rings is 1. The number of hydrogen-bond donors (Lipinski definition) is 3. The van der Waals surface area contributed by atoms with E-state index in [1.807, 2.05) is 75.4 Å². The molecule has 0 aliphatic carbocycles. The predicted octanol–water partition coefficient (Wildman–Crippen LogP) is 5.91. The monoisotopic (exact) mass is 444 g/mol. The quantitative estimate of drug-likeness (QED) is 0.343. The van der Waals surface area contributed by atoms with Gasteiger partial charge in [-0.2, -0.15) is 4.98 Å². The van der Waals surface area contributed by atoms with Crippen molar-refractivity contribution < 1.29 is 4.79 Å². The molecule has 32 heavy (non-hydrogen) atoms. The highest BCUT2D eigenvalue weighted by Gasteiger charge is 2.14. The fourth-order valence-corrected chi connectivity index (χ4v) is 3.98. The van der Waals surface area contributed by atoms with Crippen molar-refractivity contribution in [2.24, 2.45) is 0 Å². The Kier molecular flexibility index (Phi) is 6.13. The van der Waals surface area contributed by atoms with Crippen LogP contribution in [0.1, 0.15) is 31.6 Å². The second-order valence-electron chi connectivity index (χ2n) is 7.51. The number of aromatic nitrogens is 3. The van der Waals surface area contributed by atoms with Gasteiger partial charge in [0, 0.05) is 28.8 Å². The van der Waals surface area contributed by atoms with Crippen LogP contribution in [0.25, 0.3) is 0 Å². The van der Waals surface area contributed by atoms with E-state index in [0.29, 0.717) is 22.3 Å². The lowest BCUT2D eigenvalue weighted by Crippen LogP contribution is -2.11. The maximum absolute atomic E-state index is 12.5. The molecule has 0 aliphatic heterocycles. The lowest BCUT2D eigenvalue weighted by Gasteiger charge is -2.11. The Hall–Kier alpha value is -3.78. The summed E-state index contributed by atoms with van der Waals surface area (Å²) in [7, 11) is 0. The minimum absolute atomic E-state index is 0.150. The molecule has 4 aromatic rings. The highest BCUT2D eigenvalue weighted by molar-refractivity contribution is 7.13. The third-order valence-corrected chi connectivity index (χ3v) is 5.76. The summed E-state index contributed by atoms with van der Waals surface area (Å²) in [5, 5.41) is 10.3. The summed E-state index contributed by atoms with van der Waals surface area (Å²) in [6.45, 7) is 7.72. The van der Waals surface area contributed by atoms with Crippen molar-refractivity contribution in [2.45, 2.75) is 27.7 Å². The Bertz CT molecular complexity index is 1250. The molecular weight excluding hydrogens is 420 g/mol. The van der Waals surface area contributed by atoms with Crippen molar-refractivity contribution in [1.29, 1.82) is 0 Å². The Morgan fingerprint density at radius 3 is 2.06 bits per heavy atom. The normalized spacial score (nSPS) is 10.6. The average molecular weight is 445 g/mol. The molecule has 162 valence electrons. The van der Waals surface area contributed by atoms with Gasteiger partial charge >= 0.3 is 0 Å². The van der Waals surface area contributed by atoms with E-state index >= 15 is 0 Å². The topological polar surface area (TPSA) is 91.8 Å². The molecule has 2 aromatic carbocycles. The molecule has 0 bridgehead atoms. The van der Waals surface area contributed by atoms with Gasteiger partial charge in [0.05, 0.1) is 10.7 Å². The first-order valence-corrected chi connectivity index (χ1v) is 11.0. The summed E-state index contributed by atoms with van der Waals surface area (Å²) < 4.78 is 0. The van der Waals surface area contributed by atoms with E-state index < -0.39 is 0 Å². The molecule has 0 saturated heterocycles. The van der Waals surface area contributed by atoms with Crippen molar-refractivity contribution >= 4 is 46.1 Å². The summed E-state index contributed by atoms with van der Waals surface area (Å²) >= 11 is 1.39. The molecule has 7 nitrogen and oxygen atoms in total. The third kappa shape index (κ3) is 5.28. The molecule has 0 unspecified atom stereocenters. The minimum Gasteiger partial charge on any atom is -0.340 e. The van der Waals surface area contributed by atoms with Crippen molar-refractivity contribution in [3.05, 3.63) is 81.4 Å². The highest BCUT2D eigenvalue weighted by Crippen LogP contribution is 2.22. The van der Waals surface area contributed by atoms with E-state index in [2.05, 4.69) is 37.8 Å². The number of carbonyl (C=O) groups excluding carboxylic acids is 1. The molecule has 8 heteroatoms. The Balaban J connectivity index is 1.44. The predicted molar refractivity (Wildman–Crippen MR) is 130 cm³/mol. The molecule has 1 amide bonds. The molecule has 0 aliphatic rings. The molecule has 2 aromatic heterocycles.